The molecule has 0 aliphatic carbocycles. The van der Waals surface area contributed by atoms with E-state index in [1.54, 1.807) is 0 Å². The number of hydrogen-bond donors (Lipinski definition) is 0. The van der Waals surface area contributed by atoms with Crippen LogP contribution >= 0.6 is 0 Å². The van der Waals surface area contributed by atoms with Gasteiger partial charge in [0.05, 0.1) is 77.6 Å². The predicted octanol–water partition coefficient (Wildman–Crippen LogP) is -19.1. The molecule has 0 heterocycles. The third kappa shape index (κ3) is 562. The summed E-state index contributed by atoms with van der Waals surface area (Å²) in [5.74, 6) is -16.0. The number of rotatable bonds is 13. The van der Waals surface area contributed by atoms with E-state index in [0.29, 0.717) is 0 Å². The maximum absolute atomic E-state index is 9.14. The molecule has 0 saturated carbocycles. The predicted molar refractivity (Wildman–Crippen MR) is 223 cm³/mol. The van der Waals surface area contributed by atoms with Gasteiger partial charge in [0.2, 0.25) is 24.0 Å². The zero-order valence-corrected chi connectivity index (χ0v) is 52.0. The van der Waals surface area contributed by atoms with Crippen molar-refractivity contribution in [3.8, 4) is 0 Å². The summed E-state index contributed by atoms with van der Waals surface area (Å²) in [5.41, 5.74) is 0. The normalized spacial score (nSPS) is 5.86. The van der Waals surface area contributed by atoms with Crippen LogP contribution < -0.4 is 90.4 Å². The average molecular weight is 1430 g/mol. The van der Waals surface area contributed by atoms with Crippen molar-refractivity contribution < 1.29 is 174 Å². The molecule has 2 radical (unpaired) electrons. The average Bonchev–Trinajstić information content (AvgIpc) is 3.25. The summed E-state index contributed by atoms with van der Waals surface area (Å²) >= 11 is 0. The number of aliphatic carboxylic acids is 13. The molecule has 32 heteroatoms. The quantitative estimate of drug-likeness (QED) is 0.0938. The minimum absolute atomic E-state index is 0. The van der Waals surface area contributed by atoms with Crippen LogP contribution in [0.25, 0.3) is 0 Å². The Hall–Kier alpha value is -4.12. The van der Waals surface area contributed by atoms with Gasteiger partial charge >= 0.3 is 162 Å². The molecule has 0 aliphatic heterocycles. The van der Waals surface area contributed by atoms with Crippen molar-refractivity contribution in [2.75, 3.05) is 0 Å². The monoisotopic (exact) mass is 1430 g/mol. The molecule has 0 atom stereocenters. The van der Waals surface area contributed by atoms with Crippen LogP contribution in [-0.4, -0.2) is 218 Å². The van der Waals surface area contributed by atoms with Crippen molar-refractivity contribution in [3.63, 3.8) is 0 Å². The van der Waals surface area contributed by atoms with E-state index in [4.69, 9.17) is 129 Å². The third-order valence-electron chi connectivity index (χ3n) is 2.17. The fourth-order valence-electron chi connectivity index (χ4n) is 0. The Labute approximate surface area is 549 Å². The summed E-state index contributed by atoms with van der Waals surface area (Å²) in [6.07, 6.45) is 9.39. The van der Waals surface area contributed by atoms with E-state index in [-0.39, 0.29) is 186 Å². The van der Waals surface area contributed by atoms with Crippen molar-refractivity contribution in [1.29, 1.82) is 0 Å². The molecule has 0 spiro atoms. The van der Waals surface area contributed by atoms with Gasteiger partial charge in [0.15, 0.2) is 0 Å². The summed E-state index contributed by atoms with van der Waals surface area (Å²) in [6, 6.07) is 0. The summed E-state index contributed by atoms with van der Waals surface area (Å²) in [6.45, 7) is 37.7. The minimum Gasteiger partial charge on any atom is -0.545 e. The first-order valence-electron chi connectivity index (χ1n) is 14.4. The molecule has 0 bridgehead atoms. The molecule has 374 valence electrons. The SMILES string of the molecule is C=CC(=O)[O-].C=CC(=O)[O-].C=CC(=O)[O-].C=CC(=O)[O-].C=CC(=O)[O-].C=CC(=O)[O-].C=CC(=O)[O-].C=CC(=O)[O-].C=CC(=O)[O-].C=CC(=O)[O-].C=CC(=O)[O-].C=CC(=O)[O-].C=CC(=O)[O-].[Ca+2].[Ca+2].[Ca+2].[IH2+].[Pb+2].[Ti+4]. The van der Waals surface area contributed by atoms with E-state index < -0.39 is 77.6 Å². The molecule has 0 aliphatic rings. The molecule has 71 heavy (non-hydrogen) atoms. The number of halogens is 1. The van der Waals surface area contributed by atoms with E-state index in [9.17, 15) is 0 Å². The fourth-order valence-corrected chi connectivity index (χ4v) is 0. The van der Waals surface area contributed by atoms with Crippen molar-refractivity contribution in [3.05, 3.63) is 165 Å². The largest absolute Gasteiger partial charge is 4.00 e. The van der Waals surface area contributed by atoms with E-state index in [1.165, 1.54) is 0 Å². The van der Waals surface area contributed by atoms with Crippen molar-refractivity contribution >= 4 is 218 Å². The number of hydrogen-bond acceptors (Lipinski definition) is 26. The third-order valence-corrected chi connectivity index (χ3v) is 2.17. The summed E-state index contributed by atoms with van der Waals surface area (Å²) in [5, 5.41) is 119. The van der Waals surface area contributed by atoms with Crippen LogP contribution in [0.3, 0.4) is 0 Å². The molecular formula is C39H41Ca3IO26PbTi. The van der Waals surface area contributed by atoms with E-state index >= 15 is 0 Å². The first-order chi connectivity index (χ1) is 29.5. The molecule has 0 fully saturated rings. The van der Waals surface area contributed by atoms with Crippen LogP contribution in [0.4, 0.5) is 0 Å². The van der Waals surface area contributed by atoms with Crippen molar-refractivity contribution in [2.24, 2.45) is 0 Å². The van der Waals surface area contributed by atoms with Crippen LogP contribution in [0.1, 0.15) is 0 Å². The Morgan fingerprint density at radius 1 is 0.197 bits per heavy atom. The smallest absolute Gasteiger partial charge is 0.545 e. The summed E-state index contributed by atoms with van der Waals surface area (Å²) in [7, 11) is 0. The zero-order valence-electron chi connectivity index (χ0n) is 37.4. The Morgan fingerprint density at radius 3 is 0.211 bits per heavy atom. The number of carboxylic acids is 13. The number of carbonyl (C=O) groups excluding carboxylic acids is 13. The van der Waals surface area contributed by atoms with Gasteiger partial charge in [0, 0.05) is 0 Å². The Morgan fingerprint density at radius 2 is 0.211 bits per heavy atom. The standard InChI is InChI=1S/13C3H4O2.3Ca.H2I.Pb.Ti/c13*1-2-3(4)5;;;;;;/h13*2H,1H2,(H,4,5);;;;1H2;;/q;;;;;;;;;;;;;3*+2;+1;+2;+4/p-13. The zero-order chi connectivity index (χ0) is 55.7. The molecule has 0 aromatic rings. The van der Waals surface area contributed by atoms with Gasteiger partial charge in [-0.15, -0.1) is 0 Å². The van der Waals surface area contributed by atoms with Gasteiger partial charge in [-0.3, -0.25) is 0 Å². The fraction of sp³-hybridized carbons (Fsp3) is 0. The maximum atomic E-state index is 9.14. The van der Waals surface area contributed by atoms with Crippen LogP contribution in [0.5, 0.6) is 0 Å². The molecule has 0 saturated heterocycles. The maximum Gasteiger partial charge on any atom is 4.00 e. The van der Waals surface area contributed by atoms with E-state index in [1.807, 2.05) is 0 Å². The number of carbonyl (C=O) groups is 13. The second kappa shape index (κ2) is 121. The summed E-state index contributed by atoms with van der Waals surface area (Å²) < 4.78 is 0. The molecule has 0 amide bonds. The second-order valence-corrected chi connectivity index (χ2v) is 6.80. The van der Waals surface area contributed by atoms with Gasteiger partial charge in [0.25, 0.3) is 0 Å². The van der Waals surface area contributed by atoms with Crippen LogP contribution in [-0.2, 0) is 84.0 Å². The molecule has 0 aromatic heterocycles. The van der Waals surface area contributed by atoms with Gasteiger partial charge in [-0.25, -0.2) is 0 Å². The Balaban J connectivity index is -0.0000000241. The number of carboxylic acid groups (broad SMARTS) is 13. The molecule has 0 rings (SSSR count). The molecule has 0 N–H and O–H groups in total. The molecule has 0 aromatic carbocycles. The van der Waals surface area contributed by atoms with Crippen molar-refractivity contribution in [2.45, 2.75) is 0 Å². The second-order valence-electron chi connectivity index (χ2n) is 6.80. The van der Waals surface area contributed by atoms with Crippen LogP contribution in [0.2, 0.25) is 0 Å². The topological polar surface area (TPSA) is 522 Å². The first kappa shape index (κ1) is 127. The Kier molecular flexibility index (Phi) is 216. The van der Waals surface area contributed by atoms with Gasteiger partial charge < -0.3 is 129 Å². The molecule has 0 unspecified atom stereocenters. The van der Waals surface area contributed by atoms with Crippen LogP contribution in [0.15, 0.2) is 165 Å². The van der Waals surface area contributed by atoms with E-state index in [0.717, 1.165) is 79.0 Å². The van der Waals surface area contributed by atoms with E-state index in [2.05, 4.69) is 85.5 Å². The Bertz CT molecular complexity index is 1200. The van der Waals surface area contributed by atoms with Gasteiger partial charge in [-0.1, -0.05) is 85.5 Å². The molecular weight excluding hydrogens is 1390 g/mol. The van der Waals surface area contributed by atoms with Crippen LogP contribution in [0, 0.1) is 0 Å². The minimum atomic E-state index is -1.23. The molecule has 26 nitrogen and oxygen atoms in total. The van der Waals surface area contributed by atoms with Gasteiger partial charge in [-0.05, 0) is 79.0 Å². The van der Waals surface area contributed by atoms with Crippen molar-refractivity contribution in [1.82, 2.24) is 0 Å². The first-order valence-corrected chi connectivity index (χ1v) is 14.4. The van der Waals surface area contributed by atoms with Gasteiger partial charge in [0.1, 0.15) is 0 Å². The van der Waals surface area contributed by atoms with Gasteiger partial charge in [-0.2, -0.15) is 0 Å². The summed E-state index contributed by atoms with van der Waals surface area (Å²) in [4.78, 5) is 119.